The van der Waals surface area contributed by atoms with Gasteiger partial charge in [0.25, 0.3) is 5.91 Å². The largest absolute Gasteiger partial charge is 0.510 e. The lowest BCUT2D eigenvalue weighted by atomic mass is 9.58. The van der Waals surface area contributed by atoms with E-state index in [1.807, 2.05) is 19.0 Å². The second-order valence-electron chi connectivity index (χ2n) is 9.63. The number of methoxy groups -OCH3 is 1. The number of allylic oxidation sites excluding steroid dienone is 1. The van der Waals surface area contributed by atoms with Gasteiger partial charge in [0.05, 0.1) is 17.7 Å². The minimum atomic E-state index is -2.09. The van der Waals surface area contributed by atoms with Crippen molar-refractivity contribution in [1.82, 2.24) is 4.90 Å². The highest BCUT2D eigenvalue weighted by Crippen LogP contribution is 2.53. The van der Waals surface area contributed by atoms with E-state index in [-0.39, 0.29) is 23.1 Å². The molecule has 0 saturated heterocycles. The third-order valence-corrected chi connectivity index (χ3v) is 7.49. The van der Waals surface area contributed by atoms with Gasteiger partial charge in [0.1, 0.15) is 17.1 Å². The van der Waals surface area contributed by atoms with E-state index in [4.69, 9.17) is 10.5 Å². The molecule has 0 heterocycles. The minimum Gasteiger partial charge on any atom is -0.510 e. The molecule has 35 heavy (non-hydrogen) atoms. The van der Waals surface area contributed by atoms with Crippen LogP contribution in [-0.4, -0.2) is 79.5 Å². The van der Waals surface area contributed by atoms with E-state index < -0.39 is 58.0 Å². The number of carbonyl (C=O) groups excluding carboxylic acids is 3. The highest BCUT2D eigenvalue weighted by Gasteiger charge is 2.64. The number of aliphatic hydroxyl groups is 2. The Morgan fingerprint density at radius 3 is 2.40 bits per heavy atom. The maximum absolute atomic E-state index is 13.8. The first kappa shape index (κ1) is 24.4. The van der Waals surface area contributed by atoms with E-state index in [0.717, 1.165) is 5.69 Å². The van der Waals surface area contributed by atoms with Gasteiger partial charge in [0.15, 0.2) is 11.4 Å². The maximum atomic E-state index is 13.8. The van der Waals surface area contributed by atoms with Crippen LogP contribution >= 0.6 is 0 Å². The van der Waals surface area contributed by atoms with Crippen LogP contribution in [0.1, 0.15) is 27.9 Å². The van der Waals surface area contributed by atoms with Crippen molar-refractivity contribution in [2.45, 2.75) is 24.5 Å². The number of nitriles is 1. The van der Waals surface area contributed by atoms with Crippen LogP contribution in [0.4, 0.5) is 5.69 Å². The van der Waals surface area contributed by atoms with Gasteiger partial charge in [0.2, 0.25) is 5.78 Å². The third kappa shape index (κ3) is 3.12. The molecule has 0 fully saturated rings. The van der Waals surface area contributed by atoms with Gasteiger partial charge in [-0.3, -0.25) is 19.3 Å². The Kier molecular flexibility index (Phi) is 5.74. The molecule has 3 aliphatic carbocycles. The van der Waals surface area contributed by atoms with Crippen molar-refractivity contribution < 1.29 is 29.3 Å². The first-order valence-corrected chi connectivity index (χ1v) is 11.1. The smallest absolute Gasteiger partial charge is 0.255 e. The van der Waals surface area contributed by atoms with Crippen LogP contribution in [0.2, 0.25) is 0 Å². The van der Waals surface area contributed by atoms with E-state index in [0.29, 0.717) is 12.0 Å². The number of nitrogens with zero attached hydrogens (tertiary/aromatic N) is 3. The van der Waals surface area contributed by atoms with Crippen LogP contribution in [0.15, 0.2) is 34.8 Å². The molecule has 1 aromatic carbocycles. The Hall–Kier alpha value is -3.68. The van der Waals surface area contributed by atoms with Crippen molar-refractivity contribution in [2.24, 2.45) is 17.6 Å². The Bertz CT molecular complexity index is 1270. The number of amides is 1. The van der Waals surface area contributed by atoms with E-state index >= 15 is 0 Å². The zero-order valence-corrected chi connectivity index (χ0v) is 20.2. The summed E-state index contributed by atoms with van der Waals surface area (Å²) in [6.45, 7) is 0. The molecule has 1 amide bonds. The molecule has 10 heteroatoms. The van der Waals surface area contributed by atoms with E-state index in [1.165, 1.54) is 7.11 Å². The lowest BCUT2D eigenvalue weighted by Crippen LogP contribution is -2.64. The molecule has 0 aliphatic heterocycles. The number of primary amides is 1. The molecule has 0 aromatic heterocycles. The van der Waals surface area contributed by atoms with E-state index in [9.17, 15) is 29.9 Å². The van der Waals surface area contributed by atoms with Crippen LogP contribution in [0.3, 0.4) is 0 Å². The molecule has 3 aliphatic rings. The number of likely N-dealkylation sites (N-methyl/N-ethyl adjacent to an activating group) is 1. The van der Waals surface area contributed by atoms with Crippen LogP contribution in [-0.2, 0) is 20.7 Å². The molecule has 0 unspecified atom stereocenters. The van der Waals surface area contributed by atoms with Gasteiger partial charge in [-0.25, -0.2) is 0 Å². The molecule has 4 rings (SSSR count). The number of hydrogen-bond donors (Lipinski definition) is 3. The molecule has 184 valence electrons. The fraction of sp³-hybridized carbons (Fsp3) is 0.440. The number of benzene rings is 1. The number of aliphatic hydroxyl groups excluding tert-OH is 2. The lowest BCUT2D eigenvalue weighted by Gasteiger charge is -2.51. The Morgan fingerprint density at radius 1 is 1.23 bits per heavy atom. The van der Waals surface area contributed by atoms with Crippen molar-refractivity contribution >= 4 is 23.2 Å². The number of ketones is 2. The Morgan fingerprint density at radius 2 is 1.89 bits per heavy atom. The highest BCUT2D eigenvalue weighted by atomic mass is 16.5. The minimum absolute atomic E-state index is 0.0147. The first-order chi connectivity index (χ1) is 16.4. The topological polar surface area (TPSA) is 157 Å². The molecule has 0 spiro atoms. The SMILES string of the molecule is CO[C@@]12C(=O)C(C(N)=O)=C(O)[C@@H](N(C)C)[C@@H]1C[C@@H]1Cc3c(N(C)C)ccc(C#N)c3C(=O)C1=C2O. The number of fused-ring (bicyclic) bond motifs is 3. The predicted octanol–water partition coefficient (Wildman–Crippen LogP) is 1.01. The first-order valence-electron chi connectivity index (χ1n) is 11.1. The molecule has 4 atom stereocenters. The van der Waals surface area contributed by atoms with Gasteiger partial charge in [0, 0.05) is 43.9 Å². The normalized spacial score (nSPS) is 27.9. The number of nitrogens with two attached hydrogens (primary N) is 1. The van der Waals surface area contributed by atoms with Crippen LogP contribution in [0.5, 0.6) is 0 Å². The molecular formula is C25H28N4O6. The molecule has 0 bridgehead atoms. The summed E-state index contributed by atoms with van der Waals surface area (Å²) >= 11 is 0. The molecule has 1 aromatic rings. The number of hydrogen-bond acceptors (Lipinski definition) is 9. The van der Waals surface area contributed by atoms with Crippen molar-refractivity contribution in [2.75, 3.05) is 40.2 Å². The van der Waals surface area contributed by atoms with Gasteiger partial charge >= 0.3 is 0 Å². The monoisotopic (exact) mass is 480 g/mol. The van der Waals surface area contributed by atoms with Crippen LogP contribution in [0.25, 0.3) is 0 Å². The summed E-state index contributed by atoms with van der Waals surface area (Å²) in [5.41, 5.74) is 4.49. The number of carbonyl (C=O) groups is 3. The summed E-state index contributed by atoms with van der Waals surface area (Å²) in [6.07, 6.45) is 0.536. The summed E-state index contributed by atoms with van der Waals surface area (Å²) in [6, 6.07) is 4.51. The fourth-order valence-electron chi connectivity index (χ4n) is 6.08. The number of ether oxygens (including phenoxy) is 1. The number of rotatable bonds is 4. The van der Waals surface area contributed by atoms with Gasteiger partial charge in [-0.1, -0.05) is 0 Å². The van der Waals surface area contributed by atoms with Gasteiger partial charge < -0.3 is 25.6 Å². The van der Waals surface area contributed by atoms with Gasteiger partial charge in [-0.2, -0.15) is 5.26 Å². The van der Waals surface area contributed by atoms with Crippen molar-refractivity contribution in [3.05, 3.63) is 51.5 Å². The average Bonchev–Trinajstić information content (AvgIpc) is 2.77. The molecule has 10 nitrogen and oxygen atoms in total. The molecule has 0 saturated carbocycles. The molecule has 4 N–H and O–H groups in total. The van der Waals surface area contributed by atoms with E-state index in [2.05, 4.69) is 6.07 Å². The predicted molar refractivity (Wildman–Crippen MR) is 126 cm³/mol. The standard InChI is InChI=1S/C25H28N4O6/c1-28(2)15-7-6-11(10-26)16-13(15)8-12-9-14-19(29(3)4)21(31)18(24(27)34)23(33)25(14,35-5)22(32)17(12)20(16)30/h6-7,12,14,19,31-32H,8-9H2,1-5H3,(H2,27,34)/t12-,14-,19-,25-/m0/s1. The summed E-state index contributed by atoms with van der Waals surface area (Å²) in [5, 5.41) is 32.2. The summed E-state index contributed by atoms with van der Waals surface area (Å²) in [7, 11) is 8.21. The zero-order chi connectivity index (χ0) is 26.0. The second kappa shape index (κ2) is 8.22. The van der Waals surface area contributed by atoms with Crippen molar-refractivity contribution in [3.63, 3.8) is 0 Å². The Labute approximate surface area is 202 Å². The lowest BCUT2D eigenvalue weighted by molar-refractivity contribution is -0.154. The second-order valence-corrected chi connectivity index (χ2v) is 9.63. The molecule has 0 radical (unpaired) electrons. The number of anilines is 1. The summed E-state index contributed by atoms with van der Waals surface area (Å²) in [4.78, 5) is 43.1. The van der Waals surface area contributed by atoms with Crippen LogP contribution < -0.4 is 10.6 Å². The van der Waals surface area contributed by atoms with Gasteiger partial charge in [-0.05, 0) is 50.6 Å². The van der Waals surface area contributed by atoms with Gasteiger partial charge in [-0.15, -0.1) is 0 Å². The van der Waals surface area contributed by atoms with Crippen molar-refractivity contribution in [3.8, 4) is 6.07 Å². The average molecular weight is 481 g/mol. The summed E-state index contributed by atoms with van der Waals surface area (Å²) < 4.78 is 5.66. The molecular weight excluding hydrogens is 452 g/mol. The van der Waals surface area contributed by atoms with Crippen molar-refractivity contribution in [1.29, 1.82) is 5.26 Å². The third-order valence-electron chi connectivity index (χ3n) is 7.49. The van der Waals surface area contributed by atoms with Crippen LogP contribution in [0, 0.1) is 23.2 Å². The van der Waals surface area contributed by atoms with E-state index in [1.54, 1.807) is 31.1 Å². The zero-order valence-electron chi connectivity index (χ0n) is 20.2. The maximum Gasteiger partial charge on any atom is 0.255 e. The highest BCUT2D eigenvalue weighted by molar-refractivity contribution is 6.25. The fourth-order valence-corrected chi connectivity index (χ4v) is 6.08. The summed E-state index contributed by atoms with van der Waals surface area (Å²) in [5.74, 6) is -5.10. The number of Topliss-reactive ketones (excluding diaryl/α,β-unsaturated/α-hetero) is 2. The quantitative estimate of drug-likeness (QED) is 0.535. The Balaban J connectivity index is 2.03.